The molecule has 1 heterocycles. The third kappa shape index (κ3) is 3.48. The van der Waals surface area contributed by atoms with Crippen LogP contribution < -0.4 is 11.3 Å². The number of nitrogens with zero attached hydrogens (tertiary/aromatic N) is 2. The van der Waals surface area contributed by atoms with Crippen molar-refractivity contribution >= 4 is 17.4 Å². The summed E-state index contributed by atoms with van der Waals surface area (Å²) in [7, 11) is 2.08. The van der Waals surface area contributed by atoms with Crippen molar-refractivity contribution in [3.8, 4) is 0 Å². The summed E-state index contributed by atoms with van der Waals surface area (Å²) in [6.45, 7) is 2.92. The molecule has 1 aromatic carbocycles. The zero-order valence-electron chi connectivity index (χ0n) is 11.7. The van der Waals surface area contributed by atoms with Crippen LogP contribution in [0.5, 0.6) is 0 Å². The van der Waals surface area contributed by atoms with Gasteiger partial charge in [0, 0.05) is 29.4 Å². The average Bonchev–Trinajstić information content (AvgIpc) is 2.48. The lowest BCUT2D eigenvalue weighted by atomic mass is 10.1. The van der Waals surface area contributed by atoms with Crippen LogP contribution in [-0.4, -0.2) is 16.9 Å². The summed E-state index contributed by atoms with van der Waals surface area (Å²) >= 11 is 5.92. The Morgan fingerprint density at radius 2 is 2.00 bits per heavy atom. The first-order chi connectivity index (χ1) is 9.61. The fourth-order valence-corrected chi connectivity index (χ4v) is 2.22. The number of aromatic nitrogens is 1. The molecular formula is C15H19ClN4. The van der Waals surface area contributed by atoms with Crippen molar-refractivity contribution in [3.05, 3.63) is 58.7 Å². The second-order valence-corrected chi connectivity index (χ2v) is 5.23. The molecule has 0 saturated carbocycles. The Kier molecular flexibility index (Phi) is 4.95. The Morgan fingerprint density at radius 3 is 2.65 bits per heavy atom. The lowest BCUT2D eigenvalue weighted by molar-refractivity contribution is 0.253. The highest BCUT2D eigenvalue weighted by Crippen LogP contribution is 2.23. The van der Waals surface area contributed by atoms with Crippen LogP contribution in [-0.2, 0) is 6.54 Å². The van der Waals surface area contributed by atoms with E-state index in [4.69, 9.17) is 17.4 Å². The van der Waals surface area contributed by atoms with Crippen molar-refractivity contribution in [3.63, 3.8) is 0 Å². The van der Waals surface area contributed by atoms with Gasteiger partial charge in [-0.05, 0) is 37.7 Å². The van der Waals surface area contributed by atoms with Gasteiger partial charge >= 0.3 is 0 Å². The lowest BCUT2D eigenvalue weighted by Gasteiger charge is -2.25. The molecule has 0 aliphatic rings. The quantitative estimate of drug-likeness (QED) is 0.656. The summed E-state index contributed by atoms with van der Waals surface area (Å²) in [5.41, 5.74) is 4.92. The Balaban J connectivity index is 2.11. The number of pyridine rings is 1. The molecule has 0 spiro atoms. The predicted octanol–water partition coefficient (Wildman–Crippen LogP) is 3.21. The van der Waals surface area contributed by atoms with Gasteiger partial charge in [0.2, 0.25) is 0 Å². The van der Waals surface area contributed by atoms with E-state index in [-0.39, 0.29) is 6.04 Å². The SMILES string of the molecule is CC(c1ccc(Cl)cc1)N(C)Cc1cccnc1NN. The largest absolute Gasteiger partial charge is 0.308 e. The van der Waals surface area contributed by atoms with Crippen molar-refractivity contribution < 1.29 is 0 Å². The minimum Gasteiger partial charge on any atom is -0.308 e. The van der Waals surface area contributed by atoms with Crippen LogP contribution in [0.15, 0.2) is 42.6 Å². The Hall–Kier alpha value is -1.62. The monoisotopic (exact) mass is 290 g/mol. The maximum atomic E-state index is 5.92. The summed E-state index contributed by atoms with van der Waals surface area (Å²) in [5, 5.41) is 0.755. The highest BCUT2D eigenvalue weighted by Gasteiger charge is 2.13. The number of benzene rings is 1. The molecule has 1 atom stereocenters. The van der Waals surface area contributed by atoms with E-state index in [1.807, 2.05) is 24.3 Å². The highest BCUT2D eigenvalue weighted by atomic mass is 35.5. The molecule has 20 heavy (non-hydrogen) atoms. The van der Waals surface area contributed by atoms with Crippen molar-refractivity contribution in [2.75, 3.05) is 12.5 Å². The number of rotatable bonds is 5. The number of hydrogen-bond acceptors (Lipinski definition) is 4. The minimum atomic E-state index is 0.276. The molecule has 0 bridgehead atoms. The standard InChI is InChI=1S/C15H19ClN4/c1-11(12-5-7-14(16)8-6-12)20(2)10-13-4-3-9-18-15(13)19-17/h3-9,11H,10,17H2,1-2H3,(H,18,19). The van der Waals surface area contributed by atoms with E-state index in [9.17, 15) is 0 Å². The van der Waals surface area contributed by atoms with Gasteiger partial charge in [-0.3, -0.25) is 4.90 Å². The predicted molar refractivity (Wildman–Crippen MR) is 83.4 cm³/mol. The number of nitrogens with two attached hydrogens (primary N) is 1. The molecule has 2 aromatic rings. The third-order valence-corrected chi connectivity index (χ3v) is 3.71. The molecule has 0 amide bonds. The second-order valence-electron chi connectivity index (χ2n) is 4.80. The fraction of sp³-hybridized carbons (Fsp3) is 0.267. The molecule has 0 saturated heterocycles. The van der Waals surface area contributed by atoms with Crippen molar-refractivity contribution in [1.29, 1.82) is 0 Å². The van der Waals surface area contributed by atoms with E-state index in [1.165, 1.54) is 5.56 Å². The Bertz CT molecular complexity index is 556. The zero-order valence-corrected chi connectivity index (χ0v) is 12.4. The van der Waals surface area contributed by atoms with Gasteiger partial charge in [0.25, 0.3) is 0 Å². The van der Waals surface area contributed by atoms with Gasteiger partial charge in [-0.1, -0.05) is 29.8 Å². The fourth-order valence-electron chi connectivity index (χ4n) is 2.10. The van der Waals surface area contributed by atoms with E-state index in [0.717, 1.165) is 17.1 Å². The van der Waals surface area contributed by atoms with Crippen LogP contribution in [0.2, 0.25) is 5.02 Å². The van der Waals surface area contributed by atoms with Gasteiger partial charge in [-0.15, -0.1) is 0 Å². The van der Waals surface area contributed by atoms with Gasteiger partial charge in [0.05, 0.1) is 0 Å². The maximum Gasteiger partial charge on any atom is 0.144 e. The van der Waals surface area contributed by atoms with Crippen LogP contribution >= 0.6 is 11.6 Å². The molecule has 4 nitrogen and oxygen atoms in total. The minimum absolute atomic E-state index is 0.276. The number of anilines is 1. The average molecular weight is 291 g/mol. The first-order valence-electron chi connectivity index (χ1n) is 6.48. The molecule has 2 rings (SSSR count). The van der Waals surface area contributed by atoms with E-state index < -0.39 is 0 Å². The second kappa shape index (κ2) is 6.70. The normalized spacial score (nSPS) is 12.4. The van der Waals surface area contributed by atoms with Crippen LogP contribution in [0.25, 0.3) is 0 Å². The van der Waals surface area contributed by atoms with Crippen LogP contribution in [0, 0.1) is 0 Å². The number of halogens is 1. The van der Waals surface area contributed by atoms with Gasteiger partial charge in [0.1, 0.15) is 5.82 Å². The highest BCUT2D eigenvalue weighted by molar-refractivity contribution is 6.30. The molecular weight excluding hydrogens is 272 g/mol. The number of nitrogens with one attached hydrogen (secondary N) is 1. The van der Waals surface area contributed by atoms with E-state index in [0.29, 0.717) is 5.82 Å². The van der Waals surface area contributed by atoms with E-state index >= 15 is 0 Å². The maximum absolute atomic E-state index is 5.92. The first-order valence-corrected chi connectivity index (χ1v) is 6.86. The van der Waals surface area contributed by atoms with Crippen LogP contribution in [0.1, 0.15) is 24.1 Å². The molecule has 0 radical (unpaired) electrons. The first kappa shape index (κ1) is 14.8. The van der Waals surface area contributed by atoms with E-state index in [1.54, 1.807) is 6.20 Å². The summed E-state index contributed by atoms with van der Waals surface area (Å²) < 4.78 is 0. The van der Waals surface area contributed by atoms with Crippen LogP contribution in [0.4, 0.5) is 5.82 Å². The summed E-state index contributed by atoms with van der Waals surface area (Å²) in [4.78, 5) is 6.45. The number of nitrogen functional groups attached to an aromatic ring is 1. The summed E-state index contributed by atoms with van der Waals surface area (Å²) in [6.07, 6.45) is 1.72. The molecule has 0 aliphatic carbocycles. The lowest BCUT2D eigenvalue weighted by Crippen LogP contribution is -2.23. The molecule has 106 valence electrons. The van der Waals surface area contributed by atoms with Crippen molar-refractivity contribution in [1.82, 2.24) is 9.88 Å². The summed E-state index contributed by atoms with van der Waals surface area (Å²) in [5.74, 6) is 6.20. The molecule has 1 aromatic heterocycles. The van der Waals surface area contributed by atoms with E-state index in [2.05, 4.69) is 41.4 Å². The molecule has 0 fully saturated rings. The summed E-state index contributed by atoms with van der Waals surface area (Å²) in [6, 6.07) is 12.1. The molecule has 5 heteroatoms. The Labute approximate surface area is 124 Å². The third-order valence-electron chi connectivity index (χ3n) is 3.46. The number of hydrogen-bond donors (Lipinski definition) is 2. The molecule has 3 N–H and O–H groups in total. The molecule has 1 unspecified atom stereocenters. The van der Waals surface area contributed by atoms with Gasteiger partial charge < -0.3 is 5.43 Å². The van der Waals surface area contributed by atoms with Crippen molar-refractivity contribution in [2.24, 2.45) is 5.84 Å². The van der Waals surface area contributed by atoms with Crippen LogP contribution in [0.3, 0.4) is 0 Å². The van der Waals surface area contributed by atoms with Crippen molar-refractivity contribution in [2.45, 2.75) is 19.5 Å². The van der Waals surface area contributed by atoms with Gasteiger partial charge in [-0.25, -0.2) is 10.8 Å². The Morgan fingerprint density at radius 1 is 1.30 bits per heavy atom. The smallest absolute Gasteiger partial charge is 0.144 e. The number of hydrazine groups is 1. The van der Waals surface area contributed by atoms with Gasteiger partial charge in [-0.2, -0.15) is 0 Å². The topological polar surface area (TPSA) is 54.2 Å². The van der Waals surface area contributed by atoms with Gasteiger partial charge in [0.15, 0.2) is 0 Å². The zero-order chi connectivity index (χ0) is 14.5. The molecule has 0 aliphatic heterocycles.